The van der Waals surface area contributed by atoms with Crippen LogP contribution in [0, 0.1) is 17.8 Å². The van der Waals surface area contributed by atoms with E-state index >= 15 is 0 Å². The average Bonchev–Trinajstić information content (AvgIpc) is 2.46. The number of fused-ring (bicyclic) bond motifs is 1. The van der Waals surface area contributed by atoms with Crippen LogP contribution in [0.15, 0.2) is 0 Å². The van der Waals surface area contributed by atoms with Gasteiger partial charge in [-0.05, 0) is 50.4 Å². The monoisotopic (exact) mass is 283 g/mol. The number of likely N-dealkylation sites (tertiary alicyclic amines) is 1. The van der Waals surface area contributed by atoms with Crippen LogP contribution in [0.4, 0.5) is 4.79 Å². The Bertz CT molecular complexity index is 358. The third kappa shape index (κ3) is 3.64. The quantitative estimate of drug-likeness (QED) is 0.747. The van der Waals surface area contributed by atoms with Gasteiger partial charge in [0, 0.05) is 19.5 Å². The Morgan fingerprint density at radius 3 is 2.70 bits per heavy atom. The standard InChI is InChI=1S/C15H25NO4/c1-3-20-14(17)9-11-4-5-13-10-16(15(18)19-2)7-6-12(13)8-11/h11-13H,3-10H2,1-2H3. The van der Waals surface area contributed by atoms with Crippen molar-refractivity contribution in [2.45, 2.75) is 39.0 Å². The molecule has 0 radical (unpaired) electrons. The van der Waals surface area contributed by atoms with Gasteiger partial charge in [-0.3, -0.25) is 4.79 Å². The number of carbonyl (C=O) groups excluding carboxylic acids is 2. The minimum Gasteiger partial charge on any atom is -0.466 e. The maximum Gasteiger partial charge on any atom is 0.409 e. The number of hydrogen-bond acceptors (Lipinski definition) is 4. The molecule has 5 nitrogen and oxygen atoms in total. The molecule has 1 aliphatic carbocycles. The minimum atomic E-state index is -0.211. The zero-order chi connectivity index (χ0) is 14.5. The van der Waals surface area contributed by atoms with E-state index in [0.29, 0.717) is 30.8 Å². The molecule has 0 N–H and O–H groups in total. The molecule has 20 heavy (non-hydrogen) atoms. The van der Waals surface area contributed by atoms with E-state index in [2.05, 4.69) is 0 Å². The molecule has 2 rings (SSSR count). The van der Waals surface area contributed by atoms with E-state index in [1.807, 2.05) is 11.8 Å². The second kappa shape index (κ2) is 6.95. The summed E-state index contributed by atoms with van der Waals surface area (Å²) >= 11 is 0. The van der Waals surface area contributed by atoms with Gasteiger partial charge >= 0.3 is 12.1 Å². The van der Waals surface area contributed by atoms with Crippen molar-refractivity contribution in [1.29, 1.82) is 0 Å². The van der Waals surface area contributed by atoms with Gasteiger partial charge in [-0.1, -0.05) is 0 Å². The molecule has 0 aromatic carbocycles. The molecule has 0 spiro atoms. The van der Waals surface area contributed by atoms with Gasteiger partial charge in [0.25, 0.3) is 0 Å². The molecule has 2 aliphatic rings. The van der Waals surface area contributed by atoms with Crippen LogP contribution in [0.1, 0.15) is 39.0 Å². The first kappa shape index (κ1) is 15.1. The van der Waals surface area contributed by atoms with Gasteiger partial charge in [-0.25, -0.2) is 4.79 Å². The highest BCUT2D eigenvalue weighted by molar-refractivity contribution is 5.69. The predicted octanol–water partition coefficient (Wildman–Crippen LogP) is 2.44. The molecule has 1 amide bonds. The molecular formula is C15H25NO4. The number of rotatable bonds is 3. The number of esters is 1. The summed E-state index contributed by atoms with van der Waals surface area (Å²) in [5, 5.41) is 0. The molecule has 0 aromatic heterocycles. The van der Waals surface area contributed by atoms with Gasteiger partial charge in [0.2, 0.25) is 0 Å². The van der Waals surface area contributed by atoms with Crippen LogP contribution in [0.5, 0.6) is 0 Å². The predicted molar refractivity (Wildman–Crippen MR) is 74.2 cm³/mol. The Hall–Kier alpha value is -1.26. The van der Waals surface area contributed by atoms with E-state index in [4.69, 9.17) is 9.47 Å². The van der Waals surface area contributed by atoms with Gasteiger partial charge in [-0.2, -0.15) is 0 Å². The zero-order valence-corrected chi connectivity index (χ0v) is 12.5. The fourth-order valence-electron chi connectivity index (χ4n) is 3.65. The summed E-state index contributed by atoms with van der Waals surface area (Å²) in [4.78, 5) is 24.9. The summed E-state index contributed by atoms with van der Waals surface area (Å²) in [5.74, 6) is 1.60. The molecule has 1 saturated carbocycles. The highest BCUT2D eigenvalue weighted by atomic mass is 16.5. The number of ether oxygens (including phenoxy) is 2. The third-order valence-corrected chi connectivity index (χ3v) is 4.67. The highest BCUT2D eigenvalue weighted by Crippen LogP contribution is 2.40. The Morgan fingerprint density at radius 1 is 1.20 bits per heavy atom. The molecular weight excluding hydrogens is 258 g/mol. The van der Waals surface area contributed by atoms with E-state index in [-0.39, 0.29) is 12.1 Å². The van der Waals surface area contributed by atoms with Crippen molar-refractivity contribution in [3.05, 3.63) is 0 Å². The van der Waals surface area contributed by atoms with Crippen molar-refractivity contribution in [3.63, 3.8) is 0 Å². The maximum absolute atomic E-state index is 11.6. The Labute approximate surface area is 120 Å². The zero-order valence-electron chi connectivity index (χ0n) is 12.5. The third-order valence-electron chi connectivity index (χ3n) is 4.67. The molecule has 1 saturated heterocycles. The van der Waals surface area contributed by atoms with Crippen molar-refractivity contribution in [1.82, 2.24) is 4.90 Å². The molecule has 1 heterocycles. The first-order valence-electron chi connectivity index (χ1n) is 7.62. The van der Waals surface area contributed by atoms with Crippen molar-refractivity contribution >= 4 is 12.1 Å². The summed E-state index contributed by atoms with van der Waals surface area (Å²) in [6.45, 7) is 3.90. The molecule has 3 unspecified atom stereocenters. The summed E-state index contributed by atoms with van der Waals surface area (Å²) in [5.41, 5.74) is 0. The van der Waals surface area contributed by atoms with Crippen LogP contribution in [0.25, 0.3) is 0 Å². The molecule has 0 bridgehead atoms. The number of piperidine rings is 1. The van der Waals surface area contributed by atoms with Crippen LogP contribution in [-0.2, 0) is 14.3 Å². The van der Waals surface area contributed by atoms with Crippen molar-refractivity contribution in [2.24, 2.45) is 17.8 Å². The lowest BCUT2D eigenvalue weighted by Crippen LogP contribution is -2.45. The lowest BCUT2D eigenvalue weighted by molar-refractivity contribution is -0.144. The Kier molecular flexibility index (Phi) is 5.26. The normalized spacial score (nSPS) is 29.5. The number of carbonyl (C=O) groups is 2. The molecule has 5 heteroatoms. The Morgan fingerprint density at radius 2 is 2.00 bits per heavy atom. The fourth-order valence-corrected chi connectivity index (χ4v) is 3.65. The minimum absolute atomic E-state index is 0.0667. The SMILES string of the molecule is CCOC(=O)CC1CCC2CN(C(=O)OC)CCC2C1. The van der Waals surface area contributed by atoms with E-state index in [1.54, 1.807) is 0 Å². The molecule has 2 fully saturated rings. The lowest BCUT2D eigenvalue weighted by atomic mass is 9.70. The van der Waals surface area contributed by atoms with E-state index in [0.717, 1.165) is 38.8 Å². The van der Waals surface area contributed by atoms with Crippen molar-refractivity contribution in [2.75, 3.05) is 26.8 Å². The van der Waals surface area contributed by atoms with Crippen molar-refractivity contribution in [3.8, 4) is 0 Å². The summed E-state index contributed by atoms with van der Waals surface area (Å²) in [7, 11) is 1.44. The molecule has 1 aliphatic heterocycles. The van der Waals surface area contributed by atoms with Gasteiger partial charge < -0.3 is 14.4 Å². The van der Waals surface area contributed by atoms with Crippen molar-refractivity contribution < 1.29 is 19.1 Å². The topological polar surface area (TPSA) is 55.8 Å². The van der Waals surface area contributed by atoms with Gasteiger partial charge in [-0.15, -0.1) is 0 Å². The van der Waals surface area contributed by atoms with E-state index < -0.39 is 0 Å². The summed E-state index contributed by atoms with van der Waals surface area (Å²) < 4.78 is 9.83. The molecule has 0 aromatic rings. The van der Waals surface area contributed by atoms with Crippen LogP contribution < -0.4 is 0 Å². The number of hydrogen-bond donors (Lipinski definition) is 0. The van der Waals surface area contributed by atoms with E-state index in [1.165, 1.54) is 7.11 Å². The second-order valence-electron chi connectivity index (χ2n) is 5.91. The van der Waals surface area contributed by atoms with Gasteiger partial charge in [0.05, 0.1) is 13.7 Å². The van der Waals surface area contributed by atoms with Gasteiger partial charge in [0.15, 0.2) is 0 Å². The maximum atomic E-state index is 11.6. The summed E-state index contributed by atoms with van der Waals surface area (Å²) in [6, 6.07) is 0. The number of amides is 1. The smallest absolute Gasteiger partial charge is 0.409 e. The lowest BCUT2D eigenvalue weighted by Gasteiger charge is -2.42. The van der Waals surface area contributed by atoms with Gasteiger partial charge in [0.1, 0.15) is 0 Å². The fraction of sp³-hybridized carbons (Fsp3) is 0.867. The number of nitrogens with zero attached hydrogens (tertiary/aromatic N) is 1. The van der Waals surface area contributed by atoms with Crippen LogP contribution in [0.3, 0.4) is 0 Å². The molecule has 114 valence electrons. The van der Waals surface area contributed by atoms with Crippen LogP contribution in [-0.4, -0.2) is 43.8 Å². The summed E-state index contributed by atoms with van der Waals surface area (Å²) in [6.07, 6.45) is 4.63. The van der Waals surface area contributed by atoms with Crippen LogP contribution in [0.2, 0.25) is 0 Å². The largest absolute Gasteiger partial charge is 0.466 e. The second-order valence-corrected chi connectivity index (χ2v) is 5.91. The highest BCUT2D eigenvalue weighted by Gasteiger charge is 2.37. The molecule has 3 atom stereocenters. The Balaban J connectivity index is 1.81. The van der Waals surface area contributed by atoms with Crippen LogP contribution >= 0.6 is 0 Å². The number of methoxy groups -OCH3 is 1. The van der Waals surface area contributed by atoms with E-state index in [9.17, 15) is 9.59 Å². The first-order valence-corrected chi connectivity index (χ1v) is 7.62. The average molecular weight is 283 g/mol. The first-order chi connectivity index (χ1) is 9.63.